The van der Waals surface area contributed by atoms with Gasteiger partial charge >= 0.3 is 0 Å². The Bertz CT molecular complexity index is 568. The second-order valence-corrected chi connectivity index (χ2v) is 3.81. The maximum Gasteiger partial charge on any atom is 0.274 e. The van der Waals surface area contributed by atoms with Crippen molar-refractivity contribution < 1.29 is 4.92 Å². The van der Waals surface area contributed by atoms with Gasteiger partial charge in [0.2, 0.25) is 0 Å². The van der Waals surface area contributed by atoms with Crippen LogP contribution in [-0.4, -0.2) is 19.9 Å². The quantitative estimate of drug-likeness (QED) is 0.659. The van der Waals surface area contributed by atoms with Gasteiger partial charge in [-0.3, -0.25) is 10.1 Å². The van der Waals surface area contributed by atoms with Gasteiger partial charge in [0.25, 0.3) is 5.69 Å². The molecular formula is C9H8ClN5O2. The number of nitrogen functional groups attached to an aromatic ring is 1. The van der Waals surface area contributed by atoms with E-state index in [4.69, 9.17) is 17.3 Å². The summed E-state index contributed by atoms with van der Waals surface area (Å²) < 4.78 is 1.41. The molecule has 0 radical (unpaired) electrons. The number of nitrogens with zero attached hydrogens (tertiary/aromatic N) is 4. The minimum Gasteiger partial charge on any atom is -0.381 e. The molecule has 0 aliphatic rings. The van der Waals surface area contributed by atoms with Crippen LogP contribution in [0.15, 0.2) is 24.4 Å². The fraction of sp³-hybridized carbons (Fsp3) is 0.111. The summed E-state index contributed by atoms with van der Waals surface area (Å²) in [6.45, 7) is 0.196. The molecule has 88 valence electrons. The summed E-state index contributed by atoms with van der Waals surface area (Å²) in [5.74, 6) is 0.259. The van der Waals surface area contributed by atoms with Crippen molar-refractivity contribution in [1.29, 1.82) is 0 Å². The van der Waals surface area contributed by atoms with E-state index in [0.717, 1.165) is 0 Å². The number of anilines is 1. The molecule has 0 aliphatic heterocycles. The lowest BCUT2D eigenvalue weighted by Crippen LogP contribution is -2.04. The van der Waals surface area contributed by atoms with Crippen LogP contribution in [0.25, 0.3) is 0 Å². The van der Waals surface area contributed by atoms with E-state index in [0.29, 0.717) is 10.6 Å². The first kappa shape index (κ1) is 11.3. The Morgan fingerprint density at radius 2 is 2.29 bits per heavy atom. The topological polar surface area (TPSA) is 99.9 Å². The smallest absolute Gasteiger partial charge is 0.274 e. The van der Waals surface area contributed by atoms with Crippen LogP contribution in [0.1, 0.15) is 5.56 Å². The van der Waals surface area contributed by atoms with Crippen LogP contribution in [-0.2, 0) is 6.54 Å². The van der Waals surface area contributed by atoms with Crippen LogP contribution < -0.4 is 5.73 Å². The van der Waals surface area contributed by atoms with E-state index in [-0.39, 0.29) is 18.1 Å². The second kappa shape index (κ2) is 4.38. The van der Waals surface area contributed by atoms with E-state index in [1.165, 1.54) is 29.1 Å². The molecule has 0 unspecified atom stereocenters. The molecule has 7 nitrogen and oxygen atoms in total. The predicted octanol–water partition coefficient (Wildman–Crippen LogP) is 1.47. The van der Waals surface area contributed by atoms with Gasteiger partial charge in [-0.15, -0.1) is 5.10 Å². The van der Waals surface area contributed by atoms with Crippen molar-refractivity contribution in [2.75, 3.05) is 5.73 Å². The number of aromatic nitrogens is 3. The summed E-state index contributed by atoms with van der Waals surface area (Å²) in [5.41, 5.74) is 5.85. The van der Waals surface area contributed by atoms with E-state index in [2.05, 4.69) is 10.3 Å². The Labute approximate surface area is 101 Å². The monoisotopic (exact) mass is 253 g/mol. The molecule has 8 heteroatoms. The van der Waals surface area contributed by atoms with Gasteiger partial charge in [-0.1, -0.05) is 16.8 Å². The van der Waals surface area contributed by atoms with Gasteiger partial charge in [0.1, 0.15) is 0 Å². The lowest BCUT2D eigenvalue weighted by atomic mass is 10.2. The number of rotatable bonds is 3. The van der Waals surface area contributed by atoms with Crippen molar-refractivity contribution in [2.24, 2.45) is 0 Å². The largest absolute Gasteiger partial charge is 0.381 e. The predicted molar refractivity (Wildman–Crippen MR) is 61.6 cm³/mol. The molecule has 0 amide bonds. The Kier molecular flexibility index (Phi) is 2.92. The molecule has 1 aromatic heterocycles. The van der Waals surface area contributed by atoms with Gasteiger partial charge in [-0.05, 0) is 12.1 Å². The molecule has 0 saturated carbocycles. The van der Waals surface area contributed by atoms with Gasteiger partial charge in [0.05, 0.1) is 23.2 Å². The molecule has 2 aromatic rings. The van der Waals surface area contributed by atoms with E-state index in [1.807, 2.05) is 0 Å². The first-order valence-electron chi connectivity index (χ1n) is 4.64. The molecule has 0 aliphatic carbocycles. The Balaban J connectivity index is 2.37. The number of benzene rings is 1. The van der Waals surface area contributed by atoms with Crippen molar-refractivity contribution in [1.82, 2.24) is 15.0 Å². The first-order chi connectivity index (χ1) is 8.06. The number of hydrogen-bond acceptors (Lipinski definition) is 5. The van der Waals surface area contributed by atoms with Gasteiger partial charge in [0, 0.05) is 11.1 Å². The molecule has 0 bridgehead atoms. The maximum atomic E-state index is 10.8. The summed E-state index contributed by atoms with van der Waals surface area (Å²) in [4.78, 5) is 10.4. The first-order valence-corrected chi connectivity index (χ1v) is 5.02. The summed E-state index contributed by atoms with van der Waals surface area (Å²) in [6.07, 6.45) is 1.49. The van der Waals surface area contributed by atoms with Crippen LogP contribution >= 0.6 is 11.6 Å². The van der Waals surface area contributed by atoms with Crippen molar-refractivity contribution in [3.8, 4) is 0 Å². The van der Waals surface area contributed by atoms with E-state index in [9.17, 15) is 10.1 Å². The van der Waals surface area contributed by atoms with Crippen LogP contribution in [0, 0.1) is 10.1 Å². The van der Waals surface area contributed by atoms with Crippen molar-refractivity contribution in [3.63, 3.8) is 0 Å². The fourth-order valence-corrected chi connectivity index (χ4v) is 1.62. The van der Waals surface area contributed by atoms with E-state index >= 15 is 0 Å². The Hall–Kier alpha value is -2.15. The number of nitrogens with two attached hydrogens (primary N) is 1. The minimum atomic E-state index is -0.466. The van der Waals surface area contributed by atoms with Crippen LogP contribution in [0.3, 0.4) is 0 Å². The summed E-state index contributed by atoms with van der Waals surface area (Å²) in [7, 11) is 0. The third-order valence-electron chi connectivity index (χ3n) is 2.13. The molecule has 0 spiro atoms. The Morgan fingerprint density at radius 3 is 2.88 bits per heavy atom. The maximum absolute atomic E-state index is 10.8. The van der Waals surface area contributed by atoms with E-state index in [1.54, 1.807) is 0 Å². The van der Waals surface area contributed by atoms with Crippen LogP contribution in [0.4, 0.5) is 11.5 Å². The molecule has 2 rings (SSSR count). The fourth-order valence-electron chi connectivity index (χ4n) is 1.42. The minimum absolute atomic E-state index is 0.0107. The summed E-state index contributed by atoms with van der Waals surface area (Å²) in [6, 6.07) is 4.36. The van der Waals surface area contributed by atoms with Gasteiger partial charge in [0.15, 0.2) is 5.82 Å². The standard InChI is InChI=1S/C9H8ClN5O2/c10-7-1-2-8(15(16)17)6(3-7)4-14-5-9(11)12-13-14/h1-3,5H,4,11H2. The second-order valence-electron chi connectivity index (χ2n) is 3.37. The highest BCUT2D eigenvalue weighted by molar-refractivity contribution is 6.30. The normalized spacial score (nSPS) is 10.4. The van der Waals surface area contributed by atoms with Crippen LogP contribution in [0.2, 0.25) is 5.02 Å². The lowest BCUT2D eigenvalue weighted by molar-refractivity contribution is -0.385. The lowest BCUT2D eigenvalue weighted by Gasteiger charge is -2.03. The number of nitro benzene ring substituents is 1. The van der Waals surface area contributed by atoms with Gasteiger partial charge in [-0.2, -0.15) is 0 Å². The highest BCUT2D eigenvalue weighted by Gasteiger charge is 2.14. The highest BCUT2D eigenvalue weighted by atomic mass is 35.5. The average molecular weight is 254 g/mol. The SMILES string of the molecule is Nc1cn(Cc2cc(Cl)ccc2[N+](=O)[O-])nn1. The molecular weight excluding hydrogens is 246 g/mol. The molecule has 17 heavy (non-hydrogen) atoms. The molecule has 0 atom stereocenters. The number of halogens is 1. The third kappa shape index (κ3) is 2.51. The van der Waals surface area contributed by atoms with Crippen molar-refractivity contribution in [2.45, 2.75) is 6.54 Å². The number of hydrogen-bond donors (Lipinski definition) is 1. The third-order valence-corrected chi connectivity index (χ3v) is 2.36. The van der Waals surface area contributed by atoms with Crippen molar-refractivity contribution >= 4 is 23.1 Å². The zero-order chi connectivity index (χ0) is 12.4. The van der Waals surface area contributed by atoms with E-state index < -0.39 is 4.92 Å². The zero-order valence-electron chi connectivity index (χ0n) is 8.58. The number of nitro groups is 1. The molecule has 0 fully saturated rings. The molecule has 0 saturated heterocycles. The average Bonchev–Trinajstić information content (AvgIpc) is 2.63. The van der Waals surface area contributed by atoms with Gasteiger partial charge in [-0.25, -0.2) is 4.68 Å². The van der Waals surface area contributed by atoms with Crippen molar-refractivity contribution in [3.05, 3.63) is 45.1 Å². The molecule has 1 heterocycles. The summed E-state index contributed by atoms with van der Waals surface area (Å²) >= 11 is 5.80. The molecule has 1 aromatic carbocycles. The Morgan fingerprint density at radius 1 is 1.53 bits per heavy atom. The summed E-state index contributed by atoms with van der Waals surface area (Å²) in [5, 5.41) is 18.6. The molecule has 2 N–H and O–H groups in total. The zero-order valence-corrected chi connectivity index (χ0v) is 9.33. The highest BCUT2D eigenvalue weighted by Crippen LogP contribution is 2.23. The van der Waals surface area contributed by atoms with Crippen LogP contribution in [0.5, 0.6) is 0 Å². The van der Waals surface area contributed by atoms with Gasteiger partial charge < -0.3 is 5.73 Å².